The van der Waals surface area contributed by atoms with Gasteiger partial charge < -0.3 is 0 Å². The van der Waals surface area contributed by atoms with Crippen LogP contribution < -0.4 is 5.56 Å². The maximum absolute atomic E-state index is 13.2. The van der Waals surface area contributed by atoms with Crippen LogP contribution in [0.15, 0.2) is 64.5 Å². The van der Waals surface area contributed by atoms with E-state index in [0.29, 0.717) is 22.7 Å². The third-order valence-electron chi connectivity index (χ3n) is 5.16. The zero-order valence-corrected chi connectivity index (χ0v) is 15.9. The molecule has 6 nitrogen and oxygen atoms in total. The molecule has 5 rings (SSSR count). The lowest BCUT2D eigenvalue weighted by molar-refractivity contribution is -0.119. The van der Waals surface area contributed by atoms with Gasteiger partial charge in [0.15, 0.2) is 5.16 Å². The monoisotopic (exact) mass is 390 g/mol. The van der Waals surface area contributed by atoms with Crippen molar-refractivity contribution in [2.24, 2.45) is 0 Å². The van der Waals surface area contributed by atoms with Crippen LogP contribution in [0.2, 0.25) is 0 Å². The van der Waals surface area contributed by atoms with Gasteiger partial charge in [0, 0.05) is 6.42 Å². The van der Waals surface area contributed by atoms with E-state index in [9.17, 15) is 9.59 Å². The quantitative estimate of drug-likeness (QED) is 0.534. The third kappa shape index (κ3) is 2.74. The summed E-state index contributed by atoms with van der Waals surface area (Å²) >= 11 is 1.46. The van der Waals surface area contributed by atoms with Crippen molar-refractivity contribution < 1.29 is 4.79 Å². The van der Waals surface area contributed by atoms with Gasteiger partial charge in [-0.1, -0.05) is 48.5 Å². The van der Waals surface area contributed by atoms with E-state index in [-0.39, 0.29) is 16.6 Å². The number of para-hydroxylation sites is 2. The minimum atomic E-state index is -0.132. The number of hydrogen-bond acceptors (Lipinski definition) is 5. The molecule has 1 aliphatic carbocycles. The van der Waals surface area contributed by atoms with Crippen LogP contribution in [0.4, 0.5) is 0 Å². The highest BCUT2D eigenvalue weighted by Crippen LogP contribution is 2.32. The number of ketones is 1. The molecule has 0 radical (unpaired) electrons. The van der Waals surface area contributed by atoms with E-state index in [2.05, 4.69) is 10.2 Å². The van der Waals surface area contributed by atoms with Crippen LogP contribution in [0.3, 0.4) is 0 Å². The predicted octanol–water partition coefficient (Wildman–Crippen LogP) is 3.64. The largest absolute Gasteiger partial charge is 0.298 e. The first-order valence-electron chi connectivity index (χ1n) is 9.38. The molecule has 28 heavy (non-hydrogen) atoms. The van der Waals surface area contributed by atoms with Crippen molar-refractivity contribution in [2.45, 2.75) is 36.1 Å². The zero-order valence-electron chi connectivity index (χ0n) is 15.1. The summed E-state index contributed by atoms with van der Waals surface area (Å²) < 4.78 is 3.48. The normalized spacial score (nSPS) is 17.4. The lowest BCUT2D eigenvalue weighted by Crippen LogP contribution is -2.23. The Labute approximate surface area is 165 Å². The highest BCUT2D eigenvalue weighted by atomic mass is 32.2. The number of rotatable bonds is 3. The molecule has 0 amide bonds. The number of hydrogen-bond donors (Lipinski definition) is 0. The van der Waals surface area contributed by atoms with Crippen molar-refractivity contribution in [3.8, 4) is 5.69 Å². The molecular formula is C21H18N4O2S. The van der Waals surface area contributed by atoms with E-state index in [1.54, 1.807) is 4.57 Å². The van der Waals surface area contributed by atoms with Gasteiger partial charge in [-0.3, -0.25) is 14.0 Å². The molecule has 1 atom stereocenters. The van der Waals surface area contributed by atoms with Gasteiger partial charge in [0.05, 0.1) is 21.8 Å². The molecule has 1 aliphatic rings. The molecule has 1 saturated carbocycles. The van der Waals surface area contributed by atoms with Crippen molar-refractivity contribution >= 4 is 34.2 Å². The van der Waals surface area contributed by atoms with Gasteiger partial charge in [-0.2, -0.15) is 0 Å². The van der Waals surface area contributed by atoms with E-state index >= 15 is 0 Å². The van der Waals surface area contributed by atoms with Gasteiger partial charge in [0.2, 0.25) is 5.78 Å². The van der Waals surface area contributed by atoms with Gasteiger partial charge in [-0.05, 0) is 37.1 Å². The van der Waals surface area contributed by atoms with Crippen molar-refractivity contribution in [3.05, 3.63) is 65.0 Å². The second-order valence-electron chi connectivity index (χ2n) is 6.93. The summed E-state index contributed by atoms with van der Waals surface area (Å²) in [6.07, 6.45) is 3.50. The molecule has 0 saturated heterocycles. The first-order valence-corrected chi connectivity index (χ1v) is 10.3. The average molecular weight is 390 g/mol. The van der Waals surface area contributed by atoms with Crippen molar-refractivity contribution in [1.82, 2.24) is 19.2 Å². The Morgan fingerprint density at radius 2 is 1.71 bits per heavy atom. The third-order valence-corrected chi connectivity index (χ3v) is 6.41. The van der Waals surface area contributed by atoms with E-state index in [1.807, 2.05) is 59.0 Å². The van der Waals surface area contributed by atoms with Crippen LogP contribution in [0, 0.1) is 0 Å². The van der Waals surface area contributed by atoms with Gasteiger partial charge >= 0.3 is 0 Å². The fraction of sp³-hybridized carbons (Fsp3) is 0.238. The van der Waals surface area contributed by atoms with Crippen LogP contribution in [0.5, 0.6) is 0 Å². The molecule has 4 aromatic rings. The van der Waals surface area contributed by atoms with Gasteiger partial charge in [-0.15, -0.1) is 10.2 Å². The molecule has 0 unspecified atom stereocenters. The number of fused-ring (bicyclic) bond motifs is 3. The maximum atomic E-state index is 13.2. The van der Waals surface area contributed by atoms with Gasteiger partial charge in [0.25, 0.3) is 5.56 Å². The van der Waals surface area contributed by atoms with E-state index in [1.165, 1.54) is 11.8 Å². The predicted molar refractivity (Wildman–Crippen MR) is 109 cm³/mol. The highest BCUT2D eigenvalue weighted by molar-refractivity contribution is 8.00. The average Bonchev–Trinajstić information content (AvgIpc) is 3.14. The zero-order chi connectivity index (χ0) is 19.1. The first kappa shape index (κ1) is 17.2. The summed E-state index contributed by atoms with van der Waals surface area (Å²) in [5, 5.41) is 9.85. The molecule has 2 aromatic heterocycles. The lowest BCUT2D eigenvalue weighted by atomic mass is 9.99. The SMILES string of the molecule is O=C1CCCC[C@H]1Sc1nnc2n(-c3ccccc3)c(=O)c3ccccc3n12. The summed E-state index contributed by atoms with van der Waals surface area (Å²) in [4.78, 5) is 25.5. The van der Waals surface area contributed by atoms with Crippen LogP contribution in [0.25, 0.3) is 22.4 Å². The summed E-state index contributed by atoms with van der Waals surface area (Å²) in [5.41, 5.74) is 1.36. The number of carbonyl (C=O) groups excluding carboxylic acids is 1. The molecule has 0 aliphatic heterocycles. The number of thioether (sulfide) groups is 1. The number of benzene rings is 2. The van der Waals surface area contributed by atoms with Crippen LogP contribution in [0.1, 0.15) is 25.7 Å². The summed E-state index contributed by atoms with van der Waals surface area (Å²) in [5.74, 6) is 0.731. The van der Waals surface area contributed by atoms with Crippen LogP contribution >= 0.6 is 11.8 Å². The fourth-order valence-electron chi connectivity index (χ4n) is 3.77. The highest BCUT2D eigenvalue weighted by Gasteiger charge is 2.26. The molecule has 2 aromatic carbocycles. The van der Waals surface area contributed by atoms with Gasteiger partial charge in [-0.25, -0.2) is 4.57 Å². The number of Topliss-reactive ketones (excluding diaryl/α,β-unsaturated/α-hetero) is 1. The molecule has 2 heterocycles. The topological polar surface area (TPSA) is 69.3 Å². The fourth-order valence-corrected chi connectivity index (χ4v) is 4.93. The Morgan fingerprint density at radius 1 is 0.929 bits per heavy atom. The second kappa shape index (κ2) is 6.91. The Hall–Kier alpha value is -2.93. The summed E-state index contributed by atoms with van der Waals surface area (Å²) in [6.45, 7) is 0. The van der Waals surface area contributed by atoms with Gasteiger partial charge in [0.1, 0.15) is 5.78 Å². The summed E-state index contributed by atoms with van der Waals surface area (Å²) in [6, 6.07) is 16.9. The molecule has 0 N–H and O–H groups in total. The summed E-state index contributed by atoms with van der Waals surface area (Å²) in [7, 11) is 0. The molecule has 0 bridgehead atoms. The minimum Gasteiger partial charge on any atom is -0.298 e. The Kier molecular flexibility index (Phi) is 4.24. The number of nitrogens with zero attached hydrogens (tertiary/aromatic N) is 4. The first-order chi connectivity index (χ1) is 13.7. The van der Waals surface area contributed by atoms with Crippen molar-refractivity contribution in [2.75, 3.05) is 0 Å². The van der Waals surface area contributed by atoms with Crippen LogP contribution in [-0.2, 0) is 4.79 Å². The minimum absolute atomic E-state index is 0.1000. The maximum Gasteiger partial charge on any atom is 0.267 e. The smallest absolute Gasteiger partial charge is 0.267 e. The Balaban J connectivity index is 1.77. The van der Waals surface area contributed by atoms with Crippen molar-refractivity contribution in [1.29, 1.82) is 0 Å². The standard InChI is InChI=1S/C21H18N4O2S/c26-17-12-6-7-13-18(17)28-21-23-22-20-24(14-8-2-1-3-9-14)19(27)15-10-4-5-11-16(15)25(20)21/h1-5,8-11,18H,6-7,12-13H2/t18-/m1/s1. The molecule has 0 spiro atoms. The van der Waals surface area contributed by atoms with Crippen molar-refractivity contribution in [3.63, 3.8) is 0 Å². The van der Waals surface area contributed by atoms with E-state index in [0.717, 1.165) is 30.5 Å². The second-order valence-corrected chi connectivity index (χ2v) is 8.10. The molecular weight excluding hydrogens is 372 g/mol. The Bertz CT molecular complexity index is 1250. The number of aromatic nitrogens is 4. The lowest BCUT2D eigenvalue weighted by Gasteiger charge is -2.19. The van der Waals surface area contributed by atoms with E-state index < -0.39 is 0 Å². The van der Waals surface area contributed by atoms with E-state index in [4.69, 9.17) is 0 Å². The number of carbonyl (C=O) groups is 1. The van der Waals surface area contributed by atoms with Crippen LogP contribution in [-0.4, -0.2) is 30.2 Å². The Morgan fingerprint density at radius 3 is 2.54 bits per heavy atom. The molecule has 140 valence electrons. The molecule has 1 fully saturated rings. The molecule has 7 heteroatoms.